The van der Waals surface area contributed by atoms with Gasteiger partial charge in [-0.05, 0) is 47.9 Å². The fourth-order valence-corrected chi connectivity index (χ4v) is 2.97. The Balaban J connectivity index is 2.36. The Hall–Kier alpha value is -0.780. The van der Waals surface area contributed by atoms with Crippen molar-refractivity contribution in [2.24, 2.45) is 5.84 Å². The van der Waals surface area contributed by atoms with Gasteiger partial charge in [0.2, 0.25) is 0 Å². The van der Waals surface area contributed by atoms with Crippen LogP contribution in [0.2, 0.25) is 10.0 Å². The molecule has 0 amide bonds. The lowest BCUT2D eigenvalue weighted by molar-refractivity contribution is 0.553. The SMILES string of the molecule is NNC(Cc1c(Cl)cccc1Cl)c1cc(Br)ccc1N. The fraction of sp³-hybridized carbons (Fsp3) is 0.143. The zero-order chi connectivity index (χ0) is 14.7. The van der Waals surface area contributed by atoms with Crippen molar-refractivity contribution in [1.29, 1.82) is 0 Å². The molecule has 0 aliphatic heterocycles. The van der Waals surface area contributed by atoms with Crippen LogP contribution < -0.4 is 17.0 Å². The van der Waals surface area contributed by atoms with Crippen molar-refractivity contribution in [2.45, 2.75) is 12.5 Å². The minimum atomic E-state index is -0.176. The van der Waals surface area contributed by atoms with E-state index in [-0.39, 0.29) is 6.04 Å². The number of benzene rings is 2. The molecule has 5 N–H and O–H groups in total. The molecule has 2 aromatic rings. The Morgan fingerprint density at radius 1 is 1.15 bits per heavy atom. The van der Waals surface area contributed by atoms with Gasteiger partial charge in [-0.25, -0.2) is 0 Å². The highest BCUT2D eigenvalue weighted by Gasteiger charge is 2.17. The second-order valence-electron chi connectivity index (χ2n) is 4.40. The number of nitrogens with one attached hydrogen (secondary N) is 1. The van der Waals surface area contributed by atoms with Crippen molar-refractivity contribution >= 4 is 44.8 Å². The molecule has 6 heteroatoms. The Morgan fingerprint density at radius 3 is 2.40 bits per heavy atom. The molecule has 1 unspecified atom stereocenters. The van der Waals surface area contributed by atoms with Crippen LogP contribution >= 0.6 is 39.1 Å². The molecule has 2 aromatic carbocycles. The van der Waals surface area contributed by atoms with Gasteiger partial charge in [-0.1, -0.05) is 45.2 Å². The van der Waals surface area contributed by atoms with E-state index in [1.54, 1.807) is 12.1 Å². The lowest BCUT2D eigenvalue weighted by Gasteiger charge is -2.20. The van der Waals surface area contributed by atoms with E-state index >= 15 is 0 Å². The van der Waals surface area contributed by atoms with Crippen LogP contribution in [0.1, 0.15) is 17.2 Å². The van der Waals surface area contributed by atoms with Crippen molar-refractivity contribution in [2.75, 3.05) is 5.73 Å². The quantitative estimate of drug-likeness (QED) is 0.429. The summed E-state index contributed by atoms with van der Waals surface area (Å²) in [6.45, 7) is 0. The molecule has 0 aliphatic rings. The molecule has 0 bridgehead atoms. The third-order valence-corrected chi connectivity index (χ3v) is 4.30. The van der Waals surface area contributed by atoms with E-state index in [1.807, 2.05) is 24.3 Å². The first-order chi connectivity index (χ1) is 9.52. The van der Waals surface area contributed by atoms with E-state index in [2.05, 4.69) is 21.4 Å². The fourth-order valence-electron chi connectivity index (χ4n) is 2.04. The minimum absolute atomic E-state index is 0.176. The Bertz CT molecular complexity index is 599. The van der Waals surface area contributed by atoms with E-state index < -0.39 is 0 Å². The average molecular weight is 375 g/mol. The summed E-state index contributed by atoms with van der Waals surface area (Å²) in [5.41, 5.74) is 11.2. The van der Waals surface area contributed by atoms with Crippen LogP contribution in [0.15, 0.2) is 40.9 Å². The second kappa shape index (κ2) is 6.78. The first kappa shape index (κ1) is 15.6. The highest BCUT2D eigenvalue weighted by atomic mass is 79.9. The van der Waals surface area contributed by atoms with Crippen molar-refractivity contribution < 1.29 is 0 Å². The molecule has 20 heavy (non-hydrogen) atoms. The lowest BCUT2D eigenvalue weighted by Crippen LogP contribution is -2.30. The molecule has 0 aromatic heterocycles. The summed E-state index contributed by atoms with van der Waals surface area (Å²) in [5.74, 6) is 5.66. The van der Waals surface area contributed by atoms with Crippen LogP contribution in [0.5, 0.6) is 0 Å². The number of anilines is 1. The van der Waals surface area contributed by atoms with Crippen LogP contribution in [-0.4, -0.2) is 0 Å². The summed E-state index contributed by atoms with van der Waals surface area (Å²) in [6.07, 6.45) is 0.551. The van der Waals surface area contributed by atoms with E-state index in [0.29, 0.717) is 22.2 Å². The van der Waals surface area contributed by atoms with Gasteiger partial charge in [0.05, 0.1) is 6.04 Å². The average Bonchev–Trinajstić information content (AvgIpc) is 2.42. The van der Waals surface area contributed by atoms with Crippen LogP contribution in [0.3, 0.4) is 0 Å². The van der Waals surface area contributed by atoms with Gasteiger partial charge in [-0.15, -0.1) is 0 Å². The van der Waals surface area contributed by atoms with Crippen LogP contribution in [0.4, 0.5) is 5.69 Å². The van der Waals surface area contributed by atoms with Crippen molar-refractivity contribution in [3.8, 4) is 0 Å². The highest BCUT2D eigenvalue weighted by Crippen LogP contribution is 2.32. The Kier molecular flexibility index (Phi) is 5.29. The predicted octanol–water partition coefficient (Wildman–Crippen LogP) is 4.09. The number of hydrogen-bond donors (Lipinski definition) is 3. The Morgan fingerprint density at radius 2 is 1.80 bits per heavy atom. The maximum Gasteiger partial charge on any atom is 0.0522 e. The third-order valence-electron chi connectivity index (χ3n) is 3.10. The molecule has 106 valence electrons. The summed E-state index contributed by atoms with van der Waals surface area (Å²) in [5, 5.41) is 1.23. The summed E-state index contributed by atoms with van der Waals surface area (Å²) in [4.78, 5) is 0. The topological polar surface area (TPSA) is 64.1 Å². The lowest BCUT2D eigenvalue weighted by atomic mass is 9.98. The molecule has 0 fully saturated rings. The standard InChI is InChI=1S/C14H14BrCl2N3/c15-8-4-5-13(18)10(6-8)14(20-19)7-9-11(16)2-1-3-12(9)17/h1-6,14,20H,7,18-19H2. The number of nitrogens with two attached hydrogens (primary N) is 2. The molecular weight excluding hydrogens is 361 g/mol. The summed E-state index contributed by atoms with van der Waals surface area (Å²) < 4.78 is 0.937. The largest absolute Gasteiger partial charge is 0.398 e. The van der Waals surface area contributed by atoms with E-state index in [9.17, 15) is 0 Å². The maximum atomic E-state index is 6.20. The normalized spacial score (nSPS) is 12.4. The molecule has 0 heterocycles. The molecule has 1 atom stereocenters. The number of hydrogen-bond acceptors (Lipinski definition) is 3. The van der Waals surface area contributed by atoms with Gasteiger partial charge < -0.3 is 5.73 Å². The van der Waals surface area contributed by atoms with Gasteiger partial charge >= 0.3 is 0 Å². The monoisotopic (exact) mass is 373 g/mol. The smallest absolute Gasteiger partial charge is 0.0522 e. The molecule has 0 saturated heterocycles. The molecule has 0 spiro atoms. The molecular formula is C14H14BrCl2N3. The summed E-state index contributed by atoms with van der Waals surface area (Å²) >= 11 is 15.8. The first-order valence-electron chi connectivity index (χ1n) is 5.97. The van der Waals surface area contributed by atoms with Crippen LogP contribution in [-0.2, 0) is 6.42 Å². The Labute approximate surface area is 136 Å². The predicted molar refractivity (Wildman–Crippen MR) is 88.8 cm³/mol. The molecule has 2 rings (SSSR count). The molecule has 0 aliphatic carbocycles. The van der Waals surface area contributed by atoms with Gasteiger partial charge in [0.25, 0.3) is 0 Å². The maximum absolute atomic E-state index is 6.20. The van der Waals surface area contributed by atoms with E-state index in [4.69, 9.17) is 34.8 Å². The second-order valence-corrected chi connectivity index (χ2v) is 6.13. The van der Waals surface area contributed by atoms with Gasteiger partial charge in [0.15, 0.2) is 0 Å². The van der Waals surface area contributed by atoms with Gasteiger partial charge in [-0.3, -0.25) is 11.3 Å². The minimum Gasteiger partial charge on any atom is -0.398 e. The van der Waals surface area contributed by atoms with Crippen LogP contribution in [0.25, 0.3) is 0 Å². The number of rotatable bonds is 4. The summed E-state index contributed by atoms with van der Waals surface area (Å²) in [6, 6.07) is 10.9. The number of nitrogen functional groups attached to an aromatic ring is 1. The van der Waals surface area contributed by atoms with Gasteiger partial charge in [-0.2, -0.15) is 0 Å². The molecule has 0 saturated carbocycles. The van der Waals surface area contributed by atoms with E-state index in [1.165, 1.54) is 0 Å². The van der Waals surface area contributed by atoms with Crippen LogP contribution in [0, 0.1) is 0 Å². The number of hydrazine groups is 1. The van der Waals surface area contributed by atoms with E-state index in [0.717, 1.165) is 15.6 Å². The zero-order valence-corrected chi connectivity index (χ0v) is 13.6. The highest BCUT2D eigenvalue weighted by molar-refractivity contribution is 9.10. The molecule has 3 nitrogen and oxygen atoms in total. The molecule has 0 radical (unpaired) electrons. The summed E-state index contributed by atoms with van der Waals surface area (Å²) in [7, 11) is 0. The van der Waals surface area contributed by atoms with Gasteiger partial charge in [0, 0.05) is 20.2 Å². The zero-order valence-electron chi connectivity index (χ0n) is 10.5. The number of halogens is 3. The first-order valence-corrected chi connectivity index (χ1v) is 7.51. The van der Waals surface area contributed by atoms with Crippen molar-refractivity contribution in [1.82, 2.24) is 5.43 Å². The van der Waals surface area contributed by atoms with Crippen molar-refractivity contribution in [3.05, 3.63) is 62.0 Å². The van der Waals surface area contributed by atoms with Crippen molar-refractivity contribution in [3.63, 3.8) is 0 Å². The van der Waals surface area contributed by atoms with Gasteiger partial charge in [0.1, 0.15) is 0 Å². The third kappa shape index (κ3) is 3.45.